The second-order valence-corrected chi connectivity index (χ2v) is 8.94. The summed E-state index contributed by atoms with van der Waals surface area (Å²) in [6, 6.07) is 16.7. The number of carbonyl (C=O) groups is 2. The van der Waals surface area contributed by atoms with Crippen molar-refractivity contribution < 1.29 is 14.0 Å². The largest absolute Gasteiger partial charge is 0.355 e. The molecule has 5 aromatic rings. The molecule has 39 heavy (non-hydrogen) atoms. The summed E-state index contributed by atoms with van der Waals surface area (Å²) >= 11 is 0. The maximum absolute atomic E-state index is 16.1. The van der Waals surface area contributed by atoms with Gasteiger partial charge in [-0.2, -0.15) is 10.2 Å². The predicted octanol–water partition coefficient (Wildman–Crippen LogP) is 3.67. The van der Waals surface area contributed by atoms with Crippen LogP contribution < -0.4 is 16.3 Å². The lowest BCUT2D eigenvalue weighted by Crippen LogP contribution is -2.21. The summed E-state index contributed by atoms with van der Waals surface area (Å²) in [5, 5.41) is 13.9. The second-order valence-electron chi connectivity index (χ2n) is 8.94. The predicted molar refractivity (Wildman–Crippen MR) is 146 cm³/mol. The molecule has 11 heteroatoms. The number of nitrogens with one attached hydrogen (secondary N) is 2. The highest BCUT2D eigenvalue weighted by Crippen LogP contribution is 2.32. The minimum Gasteiger partial charge on any atom is -0.355 e. The lowest BCUT2D eigenvalue weighted by atomic mass is 10.0. The summed E-state index contributed by atoms with van der Waals surface area (Å²) in [5.74, 6) is -0.943. The molecular weight excluding hydrogens is 501 g/mol. The number of nitrogens with zero attached hydrogens (tertiary/aromatic N) is 5. The maximum Gasteiger partial charge on any atom is 0.350 e. The lowest BCUT2D eigenvalue weighted by molar-refractivity contribution is 0.0961. The molecule has 0 saturated heterocycles. The molecule has 10 nitrogen and oxygen atoms in total. The van der Waals surface area contributed by atoms with Crippen LogP contribution in [0.15, 0.2) is 65.5 Å². The van der Waals surface area contributed by atoms with Crippen LogP contribution >= 0.6 is 0 Å². The average Bonchev–Trinajstić information content (AvgIpc) is 3.45. The van der Waals surface area contributed by atoms with Gasteiger partial charge in [0.25, 0.3) is 11.8 Å². The Morgan fingerprint density at radius 3 is 2.38 bits per heavy atom. The Balaban J connectivity index is 1.54. The van der Waals surface area contributed by atoms with Crippen molar-refractivity contribution in [1.82, 2.24) is 29.4 Å². The third kappa shape index (κ3) is 4.48. The molecule has 2 heterocycles. The Hall–Kier alpha value is -5.06. The molecule has 0 spiro atoms. The van der Waals surface area contributed by atoms with E-state index in [9.17, 15) is 14.4 Å². The zero-order valence-corrected chi connectivity index (χ0v) is 21.8. The fourth-order valence-corrected chi connectivity index (χ4v) is 4.60. The van der Waals surface area contributed by atoms with Gasteiger partial charge in [0.1, 0.15) is 11.6 Å². The van der Waals surface area contributed by atoms with Gasteiger partial charge < -0.3 is 10.6 Å². The Bertz CT molecular complexity index is 1800. The summed E-state index contributed by atoms with van der Waals surface area (Å²) in [6.45, 7) is 4.02. The fourth-order valence-electron chi connectivity index (χ4n) is 4.60. The van der Waals surface area contributed by atoms with Crippen LogP contribution in [-0.4, -0.2) is 43.0 Å². The van der Waals surface area contributed by atoms with Crippen molar-refractivity contribution in [2.45, 2.75) is 20.4 Å². The molecule has 0 unspecified atom stereocenters. The molecule has 2 aromatic heterocycles. The number of aryl methyl sites for hydroxylation is 3. The smallest absolute Gasteiger partial charge is 0.350 e. The van der Waals surface area contributed by atoms with Crippen molar-refractivity contribution in [3.8, 4) is 16.8 Å². The molecule has 0 atom stereocenters. The molecule has 198 valence electrons. The molecule has 0 bridgehead atoms. The van der Waals surface area contributed by atoms with Crippen LogP contribution in [0.4, 0.5) is 10.1 Å². The van der Waals surface area contributed by atoms with Gasteiger partial charge >= 0.3 is 5.69 Å². The summed E-state index contributed by atoms with van der Waals surface area (Å²) in [6.07, 6.45) is 0. The molecule has 2 amide bonds. The van der Waals surface area contributed by atoms with E-state index in [0.29, 0.717) is 40.4 Å². The first-order valence-corrected chi connectivity index (χ1v) is 12.3. The van der Waals surface area contributed by atoms with E-state index in [1.54, 1.807) is 73.3 Å². The Labute approximate surface area is 222 Å². The number of benzene rings is 3. The van der Waals surface area contributed by atoms with Crippen LogP contribution in [-0.2, 0) is 13.6 Å². The highest BCUT2D eigenvalue weighted by atomic mass is 19.1. The third-order valence-corrected chi connectivity index (χ3v) is 6.50. The van der Waals surface area contributed by atoms with E-state index >= 15 is 4.39 Å². The number of hydrogen-bond acceptors (Lipinski definition) is 5. The van der Waals surface area contributed by atoms with Gasteiger partial charge in [0.15, 0.2) is 5.69 Å². The molecule has 0 saturated carbocycles. The molecular formula is C28H26FN7O3. The average molecular weight is 528 g/mol. The van der Waals surface area contributed by atoms with Gasteiger partial charge in [0.05, 0.1) is 16.6 Å². The van der Waals surface area contributed by atoms with E-state index < -0.39 is 11.7 Å². The van der Waals surface area contributed by atoms with Crippen molar-refractivity contribution in [1.29, 1.82) is 0 Å². The first kappa shape index (κ1) is 25.6. The molecule has 2 N–H and O–H groups in total. The molecule has 0 radical (unpaired) electrons. The van der Waals surface area contributed by atoms with Gasteiger partial charge in [-0.25, -0.2) is 18.4 Å². The topological polar surface area (TPSA) is 116 Å². The standard InChI is InChI=1S/C28H26FN7O3/c1-5-35-22-14-13-21(17-9-11-20(12-10-17)36-16(2)32-34(4)28(36)39)24(29)23(22)25(33-35)27(38)31-19-8-6-7-18(15-19)26(37)30-3/h6-15H,5H2,1-4H3,(H,30,37)(H,31,38). The molecule has 5 rings (SSSR count). The number of hydrogen-bond donors (Lipinski definition) is 2. The van der Waals surface area contributed by atoms with Crippen LogP contribution in [0.2, 0.25) is 0 Å². The van der Waals surface area contributed by atoms with E-state index in [2.05, 4.69) is 20.8 Å². The normalized spacial score (nSPS) is 11.1. The van der Waals surface area contributed by atoms with Crippen LogP contribution in [0, 0.1) is 12.7 Å². The number of rotatable bonds is 6. The summed E-state index contributed by atoms with van der Waals surface area (Å²) in [5.41, 5.74) is 2.36. The minimum atomic E-state index is -0.598. The summed E-state index contributed by atoms with van der Waals surface area (Å²) < 4.78 is 20.4. The van der Waals surface area contributed by atoms with E-state index in [0.717, 1.165) is 0 Å². The van der Waals surface area contributed by atoms with Gasteiger partial charge in [-0.05, 0) is 61.9 Å². The van der Waals surface area contributed by atoms with Crippen molar-refractivity contribution in [2.24, 2.45) is 7.05 Å². The van der Waals surface area contributed by atoms with Crippen LogP contribution in [0.3, 0.4) is 0 Å². The molecule has 3 aromatic carbocycles. The zero-order chi connectivity index (χ0) is 27.8. The first-order chi connectivity index (χ1) is 18.7. The Kier molecular flexibility index (Phi) is 6.57. The first-order valence-electron chi connectivity index (χ1n) is 12.3. The highest BCUT2D eigenvalue weighted by Gasteiger charge is 2.23. The SMILES string of the molecule is CCn1nc(C(=O)Nc2cccc(C(=O)NC)c2)c2c(F)c(-c3ccc(-n4c(C)nn(C)c4=O)cc3)ccc21. The number of aromatic nitrogens is 5. The van der Waals surface area contributed by atoms with Gasteiger partial charge in [-0.15, -0.1) is 0 Å². The van der Waals surface area contributed by atoms with E-state index in [4.69, 9.17) is 0 Å². The molecule has 0 aliphatic rings. The summed E-state index contributed by atoms with van der Waals surface area (Å²) in [7, 11) is 3.10. The monoisotopic (exact) mass is 527 g/mol. The van der Waals surface area contributed by atoms with Gasteiger partial charge in [0, 0.05) is 37.5 Å². The molecule has 0 aliphatic carbocycles. The number of halogens is 1. The third-order valence-electron chi connectivity index (χ3n) is 6.50. The molecule has 0 aliphatic heterocycles. The summed E-state index contributed by atoms with van der Waals surface area (Å²) in [4.78, 5) is 37.7. The number of carbonyl (C=O) groups excluding carboxylic acids is 2. The van der Waals surface area contributed by atoms with E-state index in [1.165, 1.54) is 22.4 Å². The van der Waals surface area contributed by atoms with Crippen LogP contribution in [0.5, 0.6) is 0 Å². The Morgan fingerprint density at radius 2 is 1.74 bits per heavy atom. The van der Waals surface area contributed by atoms with Crippen LogP contribution in [0.25, 0.3) is 27.7 Å². The zero-order valence-electron chi connectivity index (χ0n) is 21.8. The second kappa shape index (κ2) is 10.0. The quantitative estimate of drug-likeness (QED) is 0.350. The lowest BCUT2D eigenvalue weighted by Gasteiger charge is -2.09. The van der Waals surface area contributed by atoms with Gasteiger partial charge in [0.2, 0.25) is 0 Å². The van der Waals surface area contributed by atoms with E-state index in [-0.39, 0.29) is 28.2 Å². The van der Waals surface area contributed by atoms with E-state index in [1.807, 2.05) is 6.92 Å². The van der Waals surface area contributed by atoms with Crippen molar-refractivity contribution >= 4 is 28.4 Å². The number of anilines is 1. The fraction of sp³-hybridized carbons (Fsp3) is 0.179. The number of amides is 2. The minimum absolute atomic E-state index is 0.0642. The van der Waals surface area contributed by atoms with Crippen LogP contribution in [0.1, 0.15) is 33.6 Å². The van der Waals surface area contributed by atoms with Crippen molar-refractivity contribution in [2.75, 3.05) is 12.4 Å². The van der Waals surface area contributed by atoms with Gasteiger partial charge in [-0.3, -0.25) is 14.3 Å². The molecule has 0 fully saturated rings. The highest BCUT2D eigenvalue weighted by molar-refractivity contribution is 6.12. The number of fused-ring (bicyclic) bond motifs is 1. The van der Waals surface area contributed by atoms with Crippen molar-refractivity contribution in [3.05, 3.63) is 94.0 Å². The van der Waals surface area contributed by atoms with Crippen molar-refractivity contribution in [3.63, 3.8) is 0 Å². The maximum atomic E-state index is 16.1. The Morgan fingerprint density at radius 1 is 1.00 bits per heavy atom. The van der Waals surface area contributed by atoms with Gasteiger partial charge in [-0.1, -0.05) is 18.2 Å².